The molecule has 0 saturated carbocycles. The SMILES string of the molecule is C=CC(=O)N(C)CC(=C)c1ccccc1/C=C/C.Cc1ccc(OC(F)(F)F)cc1. The standard InChI is InChI=1S/C16H19NO.C8H7F3O/c1-5-9-14-10-7-8-11-15(14)13(3)12-17(4)16(18)6-2;1-6-2-4-7(5-3-6)12-8(9,10)11/h5-11H,2-3,12H2,1,4H3;2-5H,1H3/b9-5+;. The maximum atomic E-state index is 11.6. The van der Waals surface area contributed by atoms with Crippen LogP contribution in [-0.4, -0.2) is 30.8 Å². The Bertz CT molecular complexity index is 884. The molecule has 2 aromatic carbocycles. The number of benzene rings is 2. The summed E-state index contributed by atoms with van der Waals surface area (Å²) in [6.45, 7) is 11.8. The van der Waals surface area contributed by atoms with Crippen LogP contribution < -0.4 is 4.74 Å². The lowest BCUT2D eigenvalue weighted by atomic mass is 10.00. The van der Waals surface area contributed by atoms with Gasteiger partial charge in [0.1, 0.15) is 5.75 Å². The molecular weight excluding hydrogens is 391 g/mol. The van der Waals surface area contributed by atoms with E-state index in [2.05, 4.69) is 17.9 Å². The first-order valence-corrected chi connectivity index (χ1v) is 9.17. The van der Waals surface area contributed by atoms with E-state index in [4.69, 9.17) is 0 Å². The Labute approximate surface area is 175 Å². The average Bonchev–Trinajstić information content (AvgIpc) is 2.69. The fourth-order valence-electron chi connectivity index (χ4n) is 2.49. The van der Waals surface area contributed by atoms with Crippen molar-refractivity contribution in [2.45, 2.75) is 20.2 Å². The first-order valence-electron chi connectivity index (χ1n) is 9.17. The second kappa shape index (κ2) is 11.7. The van der Waals surface area contributed by atoms with E-state index in [0.29, 0.717) is 6.54 Å². The molecule has 6 heteroatoms. The van der Waals surface area contributed by atoms with Gasteiger partial charge in [-0.05, 0) is 48.8 Å². The van der Waals surface area contributed by atoms with E-state index in [1.54, 1.807) is 31.0 Å². The molecular formula is C24H26F3NO2. The summed E-state index contributed by atoms with van der Waals surface area (Å²) in [5.74, 6) is -0.284. The highest BCUT2D eigenvalue weighted by atomic mass is 19.4. The third-order valence-electron chi connectivity index (χ3n) is 3.92. The molecule has 0 aliphatic rings. The van der Waals surface area contributed by atoms with Crippen molar-refractivity contribution in [3.8, 4) is 5.75 Å². The summed E-state index contributed by atoms with van der Waals surface area (Å²) in [6.07, 6.45) is 0.737. The zero-order valence-corrected chi connectivity index (χ0v) is 17.4. The molecule has 0 saturated heterocycles. The number of halogens is 3. The second-order valence-corrected chi connectivity index (χ2v) is 6.45. The quantitative estimate of drug-likeness (QED) is 0.519. The molecule has 30 heavy (non-hydrogen) atoms. The molecule has 0 atom stereocenters. The lowest BCUT2D eigenvalue weighted by molar-refractivity contribution is -0.274. The molecule has 0 unspecified atom stereocenters. The number of hydrogen-bond acceptors (Lipinski definition) is 2. The first-order chi connectivity index (χ1) is 14.1. The molecule has 0 spiro atoms. The molecule has 2 aromatic rings. The Morgan fingerprint density at radius 2 is 1.73 bits per heavy atom. The molecule has 2 rings (SSSR count). The summed E-state index contributed by atoms with van der Waals surface area (Å²) in [5, 5.41) is 0. The van der Waals surface area contributed by atoms with Gasteiger partial charge in [-0.1, -0.05) is 67.3 Å². The van der Waals surface area contributed by atoms with Gasteiger partial charge >= 0.3 is 6.36 Å². The van der Waals surface area contributed by atoms with Crippen molar-refractivity contribution >= 4 is 17.6 Å². The Morgan fingerprint density at radius 3 is 2.27 bits per heavy atom. The fraction of sp³-hybridized carbons (Fsp3) is 0.208. The predicted octanol–water partition coefficient (Wildman–Crippen LogP) is 6.27. The Kier molecular flexibility index (Phi) is 9.62. The zero-order valence-electron chi connectivity index (χ0n) is 17.4. The van der Waals surface area contributed by atoms with Crippen LogP contribution in [-0.2, 0) is 4.79 Å². The molecule has 0 fully saturated rings. The van der Waals surface area contributed by atoms with Gasteiger partial charge in [0.15, 0.2) is 0 Å². The van der Waals surface area contributed by atoms with E-state index in [1.807, 2.05) is 43.3 Å². The fourth-order valence-corrected chi connectivity index (χ4v) is 2.49. The highest BCUT2D eigenvalue weighted by Gasteiger charge is 2.30. The molecule has 0 aliphatic carbocycles. The number of hydrogen-bond donors (Lipinski definition) is 0. The summed E-state index contributed by atoms with van der Waals surface area (Å²) >= 11 is 0. The van der Waals surface area contributed by atoms with E-state index < -0.39 is 6.36 Å². The van der Waals surface area contributed by atoms with E-state index >= 15 is 0 Å². The number of rotatable bonds is 6. The normalized spacial score (nSPS) is 10.7. The number of alkyl halides is 3. The van der Waals surface area contributed by atoms with Gasteiger partial charge in [-0.15, -0.1) is 13.2 Å². The van der Waals surface area contributed by atoms with Crippen molar-refractivity contribution in [3.05, 3.63) is 90.5 Å². The monoisotopic (exact) mass is 417 g/mol. The molecule has 3 nitrogen and oxygen atoms in total. The van der Waals surface area contributed by atoms with Gasteiger partial charge in [-0.3, -0.25) is 4.79 Å². The minimum absolute atomic E-state index is 0.0975. The number of carbonyl (C=O) groups excluding carboxylic acids is 1. The summed E-state index contributed by atoms with van der Waals surface area (Å²) in [6, 6.07) is 13.7. The third kappa shape index (κ3) is 8.82. The number of amides is 1. The van der Waals surface area contributed by atoms with Crippen molar-refractivity contribution in [1.29, 1.82) is 0 Å². The predicted molar refractivity (Wildman–Crippen MR) is 116 cm³/mol. The largest absolute Gasteiger partial charge is 0.573 e. The van der Waals surface area contributed by atoms with Gasteiger partial charge in [0.25, 0.3) is 0 Å². The van der Waals surface area contributed by atoms with Crippen LogP contribution in [0.25, 0.3) is 11.6 Å². The highest BCUT2D eigenvalue weighted by molar-refractivity contribution is 5.88. The van der Waals surface area contributed by atoms with Crippen LogP contribution in [0.2, 0.25) is 0 Å². The third-order valence-corrected chi connectivity index (χ3v) is 3.92. The van der Waals surface area contributed by atoms with Crippen LogP contribution in [0, 0.1) is 6.92 Å². The molecule has 0 radical (unpaired) electrons. The Hall–Kier alpha value is -3.28. The van der Waals surface area contributed by atoms with Crippen LogP contribution >= 0.6 is 0 Å². The van der Waals surface area contributed by atoms with Crippen molar-refractivity contribution in [3.63, 3.8) is 0 Å². The minimum Gasteiger partial charge on any atom is -0.406 e. The van der Waals surface area contributed by atoms with Crippen molar-refractivity contribution in [2.75, 3.05) is 13.6 Å². The number of allylic oxidation sites excluding steroid dienone is 1. The minimum atomic E-state index is -4.60. The van der Waals surface area contributed by atoms with E-state index in [1.165, 1.54) is 18.2 Å². The maximum absolute atomic E-state index is 11.6. The van der Waals surface area contributed by atoms with Crippen LogP contribution in [0.15, 0.2) is 73.8 Å². The van der Waals surface area contributed by atoms with E-state index in [9.17, 15) is 18.0 Å². The van der Waals surface area contributed by atoms with Crippen LogP contribution in [0.5, 0.6) is 5.75 Å². The number of carbonyl (C=O) groups is 1. The van der Waals surface area contributed by atoms with E-state index in [-0.39, 0.29) is 11.7 Å². The summed E-state index contributed by atoms with van der Waals surface area (Å²) < 4.78 is 38.5. The summed E-state index contributed by atoms with van der Waals surface area (Å²) in [7, 11) is 1.74. The van der Waals surface area contributed by atoms with Crippen molar-refractivity contribution in [2.24, 2.45) is 0 Å². The van der Waals surface area contributed by atoms with Gasteiger partial charge in [-0.25, -0.2) is 0 Å². The number of nitrogens with zero attached hydrogens (tertiary/aromatic N) is 1. The Balaban J connectivity index is 0.000000325. The van der Waals surface area contributed by atoms with Gasteiger partial charge in [0.05, 0.1) is 0 Å². The topological polar surface area (TPSA) is 29.5 Å². The van der Waals surface area contributed by atoms with Gasteiger partial charge in [0, 0.05) is 13.6 Å². The van der Waals surface area contributed by atoms with Crippen LogP contribution in [0.1, 0.15) is 23.6 Å². The maximum Gasteiger partial charge on any atom is 0.573 e. The number of likely N-dealkylation sites (N-methyl/N-ethyl adjacent to an activating group) is 1. The van der Waals surface area contributed by atoms with Crippen molar-refractivity contribution in [1.82, 2.24) is 4.90 Å². The molecule has 0 aliphatic heterocycles. The average molecular weight is 417 g/mol. The lowest BCUT2D eigenvalue weighted by Gasteiger charge is -2.18. The molecule has 0 heterocycles. The van der Waals surface area contributed by atoms with Gasteiger partial charge in [0.2, 0.25) is 5.91 Å². The molecule has 160 valence electrons. The smallest absolute Gasteiger partial charge is 0.406 e. The van der Waals surface area contributed by atoms with E-state index in [0.717, 1.165) is 22.3 Å². The van der Waals surface area contributed by atoms with Crippen LogP contribution in [0.4, 0.5) is 13.2 Å². The molecule has 1 amide bonds. The zero-order chi connectivity index (χ0) is 22.7. The highest BCUT2D eigenvalue weighted by Crippen LogP contribution is 2.22. The van der Waals surface area contributed by atoms with Gasteiger partial charge in [-0.2, -0.15) is 0 Å². The first kappa shape index (κ1) is 24.8. The van der Waals surface area contributed by atoms with Crippen molar-refractivity contribution < 1.29 is 22.7 Å². The lowest BCUT2D eigenvalue weighted by Crippen LogP contribution is -2.26. The number of aryl methyl sites for hydroxylation is 1. The summed E-state index contributed by atoms with van der Waals surface area (Å²) in [4.78, 5) is 13.0. The molecule has 0 bridgehead atoms. The molecule has 0 N–H and O–H groups in total. The van der Waals surface area contributed by atoms with Crippen LogP contribution in [0.3, 0.4) is 0 Å². The Morgan fingerprint density at radius 1 is 1.13 bits per heavy atom. The number of ether oxygens (including phenoxy) is 1. The summed E-state index contributed by atoms with van der Waals surface area (Å²) in [5.41, 5.74) is 4.00. The molecule has 0 aromatic heterocycles. The van der Waals surface area contributed by atoms with Gasteiger partial charge < -0.3 is 9.64 Å². The second-order valence-electron chi connectivity index (χ2n) is 6.45.